The first kappa shape index (κ1) is 28.0. The first-order valence-corrected chi connectivity index (χ1v) is 9.53. The van der Waals surface area contributed by atoms with Crippen LogP contribution < -0.4 is 20.9 Å². The minimum absolute atomic E-state index is 0. The third kappa shape index (κ3) is 12.4. The number of hydrogen-bond donors (Lipinski definition) is 4. The van der Waals surface area contributed by atoms with Crippen LogP contribution in [-0.4, -0.2) is 24.9 Å². The number of halogens is 2. The second-order valence-corrected chi connectivity index (χ2v) is 6.47. The fourth-order valence-corrected chi connectivity index (χ4v) is 2.48. The molecular formula is C23H30Cl2N4O2. The van der Waals surface area contributed by atoms with Crippen molar-refractivity contribution in [2.75, 3.05) is 13.2 Å². The molecule has 0 atom stereocenters. The van der Waals surface area contributed by atoms with Crippen LogP contribution >= 0.6 is 24.8 Å². The Morgan fingerprint density at radius 1 is 0.645 bits per heavy atom. The van der Waals surface area contributed by atoms with E-state index in [4.69, 9.17) is 31.8 Å². The molecule has 6 nitrogen and oxygen atoms in total. The number of amidine groups is 2. The third-order valence-electron chi connectivity index (χ3n) is 4.00. The van der Waals surface area contributed by atoms with Crippen LogP contribution in [0.2, 0.25) is 0 Å². The molecule has 0 saturated heterocycles. The molecule has 6 N–H and O–H groups in total. The predicted molar refractivity (Wildman–Crippen MR) is 134 cm³/mol. The first-order chi connectivity index (χ1) is 14.0. The summed E-state index contributed by atoms with van der Waals surface area (Å²) in [4.78, 5) is 0. The summed E-state index contributed by atoms with van der Waals surface area (Å²) in [7, 11) is 0. The summed E-state index contributed by atoms with van der Waals surface area (Å²) < 4.78 is 11.5. The number of benzene rings is 2. The van der Waals surface area contributed by atoms with Gasteiger partial charge in [-0.2, -0.15) is 0 Å². The van der Waals surface area contributed by atoms with Crippen LogP contribution in [0.15, 0.2) is 60.7 Å². The number of rotatable bonds is 12. The number of ether oxygens (including phenoxy) is 2. The zero-order valence-corrected chi connectivity index (χ0v) is 18.9. The van der Waals surface area contributed by atoms with Crippen molar-refractivity contribution in [2.45, 2.75) is 19.3 Å². The van der Waals surface area contributed by atoms with Crippen LogP contribution in [0.1, 0.15) is 30.4 Å². The van der Waals surface area contributed by atoms with Crippen molar-refractivity contribution < 1.29 is 9.47 Å². The Morgan fingerprint density at radius 3 is 1.32 bits per heavy atom. The fraction of sp³-hybridized carbons (Fsp3) is 0.217. The van der Waals surface area contributed by atoms with Crippen LogP contribution in [0, 0.1) is 10.8 Å². The van der Waals surface area contributed by atoms with Crippen molar-refractivity contribution in [3.8, 4) is 11.5 Å². The monoisotopic (exact) mass is 464 g/mol. The van der Waals surface area contributed by atoms with Crippen LogP contribution in [0.5, 0.6) is 11.5 Å². The summed E-state index contributed by atoms with van der Waals surface area (Å²) in [5, 5.41) is 14.4. The second kappa shape index (κ2) is 15.8. The molecule has 31 heavy (non-hydrogen) atoms. The van der Waals surface area contributed by atoms with Crippen molar-refractivity contribution in [3.63, 3.8) is 0 Å². The molecule has 0 bridgehead atoms. The number of nitrogens with one attached hydrogen (secondary N) is 2. The lowest BCUT2D eigenvalue weighted by Crippen LogP contribution is -2.03. The molecule has 0 aromatic heterocycles. The standard InChI is InChI=1S/C23H28N4O2.2ClH/c24-22(25)14-8-18-4-10-20(11-5-18)28-16-2-1-3-17-29-21-12-6-19(7-13-21)9-15-23(26)27;;/h4-15H,1-3,16-17H2,(H3,24,25)(H3,26,27);2*1H/b14-8+,15-9+;;. The van der Waals surface area contributed by atoms with Gasteiger partial charge in [0, 0.05) is 0 Å². The van der Waals surface area contributed by atoms with Gasteiger partial charge < -0.3 is 20.9 Å². The van der Waals surface area contributed by atoms with E-state index in [1.54, 1.807) is 24.3 Å². The SMILES string of the molecule is Cl.Cl.N=C(N)/C=C/c1ccc(OCCCCCOc2ccc(/C=C/C(=N)N)cc2)cc1. The zero-order chi connectivity index (χ0) is 20.9. The highest BCUT2D eigenvalue weighted by Crippen LogP contribution is 2.15. The summed E-state index contributed by atoms with van der Waals surface area (Å²) in [6, 6.07) is 15.4. The maximum atomic E-state index is 7.18. The van der Waals surface area contributed by atoms with Gasteiger partial charge in [-0.3, -0.25) is 10.8 Å². The lowest BCUT2D eigenvalue weighted by atomic mass is 10.2. The molecule has 0 saturated carbocycles. The molecule has 0 aliphatic rings. The number of hydrogen-bond acceptors (Lipinski definition) is 4. The molecule has 2 aromatic rings. The van der Waals surface area contributed by atoms with Gasteiger partial charge in [0.15, 0.2) is 0 Å². The highest BCUT2D eigenvalue weighted by atomic mass is 35.5. The van der Waals surface area contributed by atoms with Gasteiger partial charge in [-0.25, -0.2) is 0 Å². The Labute approximate surface area is 196 Å². The Hall–Kier alpha value is -2.96. The van der Waals surface area contributed by atoms with E-state index in [2.05, 4.69) is 0 Å². The van der Waals surface area contributed by atoms with Gasteiger partial charge in [-0.15, -0.1) is 24.8 Å². The van der Waals surface area contributed by atoms with Crippen molar-refractivity contribution in [3.05, 3.63) is 71.8 Å². The maximum Gasteiger partial charge on any atom is 0.119 e. The minimum Gasteiger partial charge on any atom is -0.494 e. The van der Waals surface area contributed by atoms with E-state index in [-0.39, 0.29) is 36.5 Å². The third-order valence-corrected chi connectivity index (χ3v) is 4.00. The van der Waals surface area contributed by atoms with E-state index >= 15 is 0 Å². The van der Waals surface area contributed by atoms with Crippen molar-refractivity contribution in [1.29, 1.82) is 10.8 Å². The minimum atomic E-state index is 0. The smallest absolute Gasteiger partial charge is 0.119 e. The van der Waals surface area contributed by atoms with Gasteiger partial charge in [0.05, 0.1) is 13.2 Å². The predicted octanol–water partition coefficient (Wildman–Crippen LogP) is 5.06. The van der Waals surface area contributed by atoms with Crippen molar-refractivity contribution in [1.82, 2.24) is 0 Å². The van der Waals surface area contributed by atoms with E-state index in [1.807, 2.05) is 48.5 Å². The molecule has 2 rings (SSSR count). The van der Waals surface area contributed by atoms with E-state index in [1.165, 1.54) is 0 Å². The van der Waals surface area contributed by atoms with E-state index < -0.39 is 0 Å². The highest BCUT2D eigenvalue weighted by molar-refractivity contribution is 5.93. The normalized spacial score (nSPS) is 10.3. The van der Waals surface area contributed by atoms with E-state index in [9.17, 15) is 0 Å². The fourth-order valence-electron chi connectivity index (χ4n) is 2.48. The molecule has 0 spiro atoms. The van der Waals surface area contributed by atoms with Crippen LogP contribution in [0.25, 0.3) is 12.2 Å². The van der Waals surface area contributed by atoms with Gasteiger partial charge >= 0.3 is 0 Å². The quantitative estimate of drug-likeness (QED) is 0.199. The Kier molecular flexibility index (Phi) is 14.3. The second-order valence-electron chi connectivity index (χ2n) is 6.47. The molecule has 8 heteroatoms. The van der Waals surface area contributed by atoms with E-state index in [0.717, 1.165) is 41.9 Å². The lowest BCUT2D eigenvalue weighted by molar-refractivity contribution is 0.279. The molecule has 0 amide bonds. The van der Waals surface area contributed by atoms with Gasteiger partial charge in [0.25, 0.3) is 0 Å². The summed E-state index contributed by atoms with van der Waals surface area (Å²) in [6.07, 6.45) is 9.65. The Morgan fingerprint density at radius 2 is 1.00 bits per heavy atom. The molecular weight excluding hydrogens is 435 g/mol. The average molecular weight is 465 g/mol. The van der Waals surface area contributed by atoms with E-state index in [0.29, 0.717) is 13.2 Å². The number of nitrogens with two attached hydrogens (primary N) is 2. The molecule has 0 aliphatic heterocycles. The highest BCUT2D eigenvalue weighted by Gasteiger charge is 1.97. The largest absolute Gasteiger partial charge is 0.494 e. The molecule has 0 heterocycles. The molecule has 2 aromatic carbocycles. The summed E-state index contributed by atoms with van der Waals surface area (Å²) >= 11 is 0. The van der Waals surface area contributed by atoms with Crippen LogP contribution in [-0.2, 0) is 0 Å². The number of unbranched alkanes of at least 4 members (excludes halogenated alkanes) is 2. The average Bonchev–Trinajstić information content (AvgIpc) is 2.71. The topological polar surface area (TPSA) is 118 Å². The van der Waals surface area contributed by atoms with Crippen LogP contribution in [0.3, 0.4) is 0 Å². The van der Waals surface area contributed by atoms with Crippen molar-refractivity contribution in [2.24, 2.45) is 11.5 Å². The van der Waals surface area contributed by atoms with Crippen molar-refractivity contribution >= 4 is 48.6 Å². The maximum absolute atomic E-state index is 7.18. The summed E-state index contributed by atoms with van der Waals surface area (Å²) in [6.45, 7) is 1.33. The molecule has 0 fully saturated rings. The molecule has 0 radical (unpaired) electrons. The van der Waals surface area contributed by atoms with Crippen LogP contribution in [0.4, 0.5) is 0 Å². The molecule has 168 valence electrons. The van der Waals surface area contributed by atoms with Gasteiger partial charge in [0.1, 0.15) is 23.2 Å². The van der Waals surface area contributed by atoms with Gasteiger partial charge in [-0.1, -0.05) is 36.4 Å². The lowest BCUT2D eigenvalue weighted by Gasteiger charge is -2.08. The Bertz CT molecular complexity index is 779. The summed E-state index contributed by atoms with van der Waals surface area (Å²) in [5.74, 6) is 1.74. The van der Waals surface area contributed by atoms with Gasteiger partial charge in [0.2, 0.25) is 0 Å². The Balaban J connectivity index is 0.00000450. The molecule has 0 unspecified atom stereocenters. The zero-order valence-electron chi connectivity index (χ0n) is 17.3. The summed E-state index contributed by atoms with van der Waals surface area (Å²) in [5.41, 5.74) is 12.5. The first-order valence-electron chi connectivity index (χ1n) is 9.53. The van der Waals surface area contributed by atoms with Gasteiger partial charge in [-0.05, 0) is 66.8 Å². The molecule has 0 aliphatic carbocycles.